The zero-order chi connectivity index (χ0) is 24.7. The maximum Gasteiger partial charge on any atom is 0.277 e. The third-order valence-corrected chi connectivity index (χ3v) is 6.01. The fourth-order valence-electron chi connectivity index (χ4n) is 3.29. The van der Waals surface area contributed by atoms with Crippen LogP contribution in [0.2, 0.25) is 0 Å². The Labute approximate surface area is 202 Å². The predicted octanol–water partition coefficient (Wildman–Crippen LogP) is 3.89. The normalized spacial score (nSPS) is 11.6. The van der Waals surface area contributed by atoms with Crippen molar-refractivity contribution in [3.63, 3.8) is 0 Å². The Hall–Kier alpha value is -3.53. The van der Waals surface area contributed by atoms with Crippen LogP contribution in [-0.4, -0.2) is 60.0 Å². The number of amides is 2. The van der Waals surface area contributed by atoms with Gasteiger partial charge in [-0.1, -0.05) is 36.9 Å². The fraction of sp³-hybridized carbons (Fsp3) is 0.333. The number of hydrogen-bond acceptors (Lipinski definition) is 8. The number of hydrogen-bond donors (Lipinski definition) is 1. The number of para-hydroxylation sites is 1. The van der Waals surface area contributed by atoms with E-state index in [1.807, 2.05) is 31.2 Å². The Balaban J connectivity index is 1.59. The van der Waals surface area contributed by atoms with Crippen molar-refractivity contribution in [1.29, 1.82) is 0 Å². The SMILES string of the molecule is CCc1ccccc1NC(=O)CN(C)C(=O)C(C)Sc1nnc(-c2ccc(OC)c(OC)c2)o1. The van der Waals surface area contributed by atoms with Gasteiger partial charge >= 0.3 is 0 Å². The largest absolute Gasteiger partial charge is 0.493 e. The van der Waals surface area contributed by atoms with Crippen LogP contribution in [0.25, 0.3) is 11.5 Å². The van der Waals surface area contributed by atoms with Gasteiger partial charge in [-0.15, -0.1) is 10.2 Å². The van der Waals surface area contributed by atoms with E-state index in [4.69, 9.17) is 13.9 Å². The maximum absolute atomic E-state index is 12.8. The van der Waals surface area contributed by atoms with Gasteiger partial charge in [-0.25, -0.2) is 0 Å². The van der Waals surface area contributed by atoms with Crippen molar-refractivity contribution in [3.05, 3.63) is 48.0 Å². The molecule has 3 rings (SSSR count). The highest BCUT2D eigenvalue weighted by Gasteiger charge is 2.23. The van der Waals surface area contributed by atoms with Crippen LogP contribution in [0.5, 0.6) is 11.5 Å². The minimum Gasteiger partial charge on any atom is -0.493 e. The topological polar surface area (TPSA) is 107 Å². The van der Waals surface area contributed by atoms with Crippen molar-refractivity contribution in [3.8, 4) is 23.0 Å². The molecule has 0 bridgehead atoms. The van der Waals surface area contributed by atoms with Crippen molar-refractivity contribution >= 4 is 29.3 Å². The zero-order valence-electron chi connectivity index (χ0n) is 19.8. The molecule has 3 aromatic rings. The molecule has 1 atom stereocenters. The molecule has 34 heavy (non-hydrogen) atoms. The molecule has 0 spiro atoms. The van der Waals surface area contributed by atoms with Gasteiger partial charge in [-0.05, 0) is 43.2 Å². The average Bonchev–Trinajstić information content (AvgIpc) is 3.31. The molecule has 1 aromatic heterocycles. The van der Waals surface area contributed by atoms with Crippen molar-refractivity contribution in [1.82, 2.24) is 15.1 Å². The Morgan fingerprint density at radius 1 is 1.12 bits per heavy atom. The molecule has 0 aliphatic carbocycles. The number of thioether (sulfide) groups is 1. The summed E-state index contributed by atoms with van der Waals surface area (Å²) in [5, 5.41) is 10.7. The van der Waals surface area contributed by atoms with Gasteiger partial charge < -0.3 is 24.1 Å². The van der Waals surface area contributed by atoms with Crippen LogP contribution in [0.4, 0.5) is 5.69 Å². The van der Waals surface area contributed by atoms with Crippen LogP contribution in [0.3, 0.4) is 0 Å². The summed E-state index contributed by atoms with van der Waals surface area (Å²) in [5.41, 5.74) is 2.46. The van der Waals surface area contributed by atoms with Crippen LogP contribution < -0.4 is 14.8 Å². The Morgan fingerprint density at radius 2 is 1.85 bits per heavy atom. The summed E-state index contributed by atoms with van der Waals surface area (Å²) in [6, 6.07) is 12.9. The van der Waals surface area contributed by atoms with E-state index in [0.717, 1.165) is 29.4 Å². The molecular formula is C24H28N4O5S. The van der Waals surface area contributed by atoms with E-state index in [9.17, 15) is 9.59 Å². The van der Waals surface area contributed by atoms with Crippen molar-refractivity contribution in [2.45, 2.75) is 30.7 Å². The smallest absolute Gasteiger partial charge is 0.277 e. The summed E-state index contributed by atoms with van der Waals surface area (Å²) in [6.07, 6.45) is 0.800. The van der Waals surface area contributed by atoms with Crippen molar-refractivity contribution < 1.29 is 23.5 Å². The first-order chi connectivity index (χ1) is 16.4. The van der Waals surface area contributed by atoms with Crippen molar-refractivity contribution in [2.75, 3.05) is 33.1 Å². The molecule has 180 valence electrons. The van der Waals surface area contributed by atoms with Gasteiger partial charge in [-0.2, -0.15) is 0 Å². The molecule has 1 N–H and O–H groups in total. The van der Waals surface area contributed by atoms with E-state index in [2.05, 4.69) is 15.5 Å². The fourth-order valence-corrected chi connectivity index (χ4v) is 4.09. The number of aryl methyl sites for hydroxylation is 1. The van der Waals surface area contributed by atoms with E-state index < -0.39 is 5.25 Å². The summed E-state index contributed by atoms with van der Waals surface area (Å²) < 4.78 is 16.3. The van der Waals surface area contributed by atoms with Gasteiger partial charge in [-0.3, -0.25) is 9.59 Å². The van der Waals surface area contributed by atoms with Gasteiger partial charge in [0.25, 0.3) is 5.22 Å². The van der Waals surface area contributed by atoms with Gasteiger partial charge in [0, 0.05) is 18.3 Å². The molecule has 1 heterocycles. The number of carbonyl (C=O) groups excluding carboxylic acids is 2. The van der Waals surface area contributed by atoms with Crippen LogP contribution in [0, 0.1) is 0 Å². The number of nitrogens with one attached hydrogen (secondary N) is 1. The lowest BCUT2D eigenvalue weighted by Crippen LogP contribution is -2.39. The second kappa shape index (κ2) is 11.6. The Kier molecular flexibility index (Phi) is 8.53. The van der Waals surface area contributed by atoms with Gasteiger partial charge in [0.2, 0.25) is 17.7 Å². The van der Waals surface area contributed by atoms with Crippen LogP contribution in [-0.2, 0) is 16.0 Å². The van der Waals surface area contributed by atoms with Crippen LogP contribution >= 0.6 is 11.8 Å². The number of benzene rings is 2. The molecule has 2 amide bonds. The van der Waals surface area contributed by atoms with Gasteiger partial charge in [0.1, 0.15) is 0 Å². The standard InChI is InChI=1S/C24H28N4O5S/c1-6-16-9-7-8-10-18(16)25-21(29)14-28(3)23(30)15(2)34-24-27-26-22(33-24)17-11-12-19(31-4)20(13-17)32-5/h7-13,15H,6,14H2,1-5H3,(H,25,29). The highest BCUT2D eigenvalue weighted by Crippen LogP contribution is 2.33. The molecule has 0 radical (unpaired) electrons. The summed E-state index contributed by atoms with van der Waals surface area (Å²) in [4.78, 5) is 26.6. The molecule has 2 aromatic carbocycles. The van der Waals surface area contributed by atoms with E-state index in [-0.39, 0.29) is 23.6 Å². The van der Waals surface area contributed by atoms with E-state index in [0.29, 0.717) is 23.0 Å². The summed E-state index contributed by atoms with van der Waals surface area (Å²) in [7, 11) is 4.69. The number of ether oxygens (including phenoxy) is 2. The number of carbonyl (C=O) groups is 2. The van der Waals surface area contributed by atoms with Gasteiger partial charge in [0.15, 0.2) is 11.5 Å². The number of rotatable bonds is 10. The predicted molar refractivity (Wildman–Crippen MR) is 130 cm³/mol. The van der Waals surface area contributed by atoms with E-state index in [1.165, 1.54) is 4.90 Å². The highest BCUT2D eigenvalue weighted by molar-refractivity contribution is 8.00. The quantitative estimate of drug-likeness (QED) is 0.432. The molecule has 10 heteroatoms. The highest BCUT2D eigenvalue weighted by atomic mass is 32.2. The molecule has 9 nitrogen and oxygen atoms in total. The number of anilines is 1. The molecule has 0 saturated heterocycles. The molecule has 0 fully saturated rings. The first-order valence-corrected chi connectivity index (χ1v) is 11.6. The number of likely N-dealkylation sites (N-methyl/N-ethyl adjacent to an activating group) is 1. The Morgan fingerprint density at radius 3 is 2.56 bits per heavy atom. The minimum absolute atomic E-state index is 0.0670. The third-order valence-electron chi connectivity index (χ3n) is 5.09. The average molecular weight is 485 g/mol. The maximum atomic E-state index is 12.8. The third kappa shape index (κ3) is 6.07. The lowest BCUT2D eigenvalue weighted by atomic mass is 10.1. The molecule has 0 aliphatic rings. The van der Waals surface area contributed by atoms with Crippen LogP contribution in [0.15, 0.2) is 52.1 Å². The van der Waals surface area contributed by atoms with E-state index in [1.54, 1.807) is 46.4 Å². The summed E-state index contributed by atoms with van der Waals surface area (Å²) in [6.45, 7) is 3.68. The molecule has 0 saturated carbocycles. The summed E-state index contributed by atoms with van der Waals surface area (Å²) >= 11 is 1.13. The monoisotopic (exact) mass is 484 g/mol. The second-order valence-corrected chi connectivity index (χ2v) is 8.75. The molecule has 1 unspecified atom stereocenters. The van der Waals surface area contributed by atoms with E-state index >= 15 is 0 Å². The van der Waals surface area contributed by atoms with Crippen LogP contribution in [0.1, 0.15) is 19.4 Å². The number of aromatic nitrogens is 2. The lowest BCUT2D eigenvalue weighted by molar-refractivity contribution is -0.132. The molecule has 0 aliphatic heterocycles. The second-order valence-electron chi connectivity index (χ2n) is 7.46. The zero-order valence-corrected chi connectivity index (χ0v) is 20.6. The molecular weight excluding hydrogens is 456 g/mol. The number of methoxy groups -OCH3 is 2. The van der Waals surface area contributed by atoms with Gasteiger partial charge in [0.05, 0.1) is 26.0 Å². The Bertz CT molecular complexity index is 1150. The lowest BCUT2D eigenvalue weighted by Gasteiger charge is -2.20. The van der Waals surface area contributed by atoms with Crippen molar-refractivity contribution in [2.24, 2.45) is 0 Å². The number of nitrogens with zero attached hydrogens (tertiary/aromatic N) is 3. The first-order valence-electron chi connectivity index (χ1n) is 10.7. The minimum atomic E-state index is -0.528. The summed E-state index contributed by atoms with van der Waals surface area (Å²) in [5.74, 6) is 0.935. The first kappa shape index (κ1) is 25.1.